The van der Waals surface area contributed by atoms with E-state index in [0.29, 0.717) is 6.54 Å². The predicted molar refractivity (Wildman–Crippen MR) is 111 cm³/mol. The van der Waals surface area contributed by atoms with Crippen LogP contribution in [0.1, 0.15) is 52.0 Å². The van der Waals surface area contributed by atoms with Crippen LogP contribution in [0.2, 0.25) is 0 Å². The van der Waals surface area contributed by atoms with Crippen molar-refractivity contribution in [1.29, 1.82) is 0 Å². The Morgan fingerprint density at radius 3 is 2.61 bits per heavy atom. The first-order valence-corrected chi connectivity index (χ1v) is 10.5. The molecule has 1 aliphatic heterocycles. The summed E-state index contributed by atoms with van der Waals surface area (Å²) >= 11 is 0. The first-order valence-electron chi connectivity index (χ1n) is 10.5. The van der Waals surface area contributed by atoms with E-state index in [-0.39, 0.29) is 29.1 Å². The van der Waals surface area contributed by atoms with Crippen LogP contribution >= 0.6 is 0 Å². The summed E-state index contributed by atoms with van der Waals surface area (Å²) in [5, 5.41) is 6.84. The highest BCUT2D eigenvalue weighted by Crippen LogP contribution is 2.44. The third kappa shape index (κ3) is 4.65. The van der Waals surface area contributed by atoms with Crippen molar-refractivity contribution in [1.82, 2.24) is 15.5 Å². The first kappa shape index (κ1) is 20.6. The molecule has 1 unspecified atom stereocenters. The van der Waals surface area contributed by atoms with Gasteiger partial charge in [-0.05, 0) is 43.9 Å². The van der Waals surface area contributed by atoms with Crippen LogP contribution in [-0.4, -0.2) is 49.0 Å². The molecule has 1 amide bonds. The number of nitrogens with zero attached hydrogens (tertiary/aromatic N) is 2. The van der Waals surface area contributed by atoms with Crippen LogP contribution in [0.4, 0.5) is 4.39 Å². The SMILES string of the molecule is CCNC(=NCC1(c2ccc(F)cc2)CCC1)NC1CCN(C(=O)C(C)C)C1. The van der Waals surface area contributed by atoms with Gasteiger partial charge in [-0.15, -0.1) is 0 Å². The third-order valence-corrected chi connectivity index (χ3v) is 5.99. The van der Waals surface area contributed by atoms with E-state index in [9.17, 15) is 9.18 Å². The molecule has 5 nitrogen and oxygen atoms in total. The van der Waals surface area contributed by atoms with Gasteiger partial charge in [-0.1, -0.05) is 32.4 Å². The number of aliphatic imine (C=N–C) groups is 1. The number of rotatable bonds is 6. The van der Waals surface area contributed by atoms with Gasteiger partial charge in [0.15, 0.2) is 5.96 Å². The second kappa shape index (κ2) is 8.93. The van der Waals surface area contributed by atoms with E-state index < -0.39 is 0 Å². The fourth-order valence-corrected chi connectivity index (χ4v) is 4.13. The fourth-order valence-electron chi connectivity index (χ4n) is 4.13. The number of carbonyl (C=O) groups is 1. The van der Waals surface area contributed by atoms with Crippen LogP contribution in [0, 0.1) is 11.7 Å². The summed E-state index contributed by atoms with van der Waals surface area (Å²) in [5.41, 5.74) is 1.19. The van der Waals surface area contributed by atoms with Crippen LogP contribution in [0.15, 0.2) is 29.3 Å². The molecule has 0 bridgehead atoms. The van der Waals surface area contributed by atoms with Crippen molar-refractivity contribution in [2.75, 3.05) is 26.2 Å². The maximum Gasteiger partial charge on any atom is 0.225 e. The minimum atomic E-state index is -0.196. The van der Waals surface area contributed by atoms with Crippen molar-refractivity contribution in [3.05, 3.63) is 35.6 Å². The molecular formula is C22H33FN4O. The second-order valence-corrected chi connectivity index (χ2v) is 8.40. The Hall–Kier alpha value is -2.11. The molecule has 1 aromatic rings. The topological polar surface area (TPSA) is 56.7 Å². The Kier molecular flexibility index (Phi) is 6.57. The smallest absolute Gasteiger partial charge is 0.225 e. The Morgan fingerprint density at radius 1 is 1.32 bits per heavy atom. The molecule has 0 spiro atoms. The Morgan fingerprint density at radius 2 is 2.04 bits per heavy atom. The van der Waals surface area contributed by atoms with Crippen molar-refractivity contribution in [2.45, 2.75) is 57.9 Å². The van der Waals surface area contributed by atoms with Gasteiger partial charge in [0, 0.05) is 37.0 Å². The molecular weight excluding hydrogens is 355 g/mol. The minimum Gasteiger partial charge on any atom is -0.357 e. The van der Waals surface area contributed by atoms with Crippen LogP contribution in [0.5, 0.6) is 0 Å². The maximum absolute atomic E-state index is 13.3. The molecule has 0 radical (unpaired) electrons. The number of benzene rings is 1. The van der Waals surface area contributed by atoms with Gasteiger partial charge in [0.2, 0.25) is 5.91 Å². The van der Waals surface area contributed by atoms with Crippen molar-refractivity contribution in [2.24, 2.45) is 10.9 Å². The number of likely N-dealkylation sites (tertiary alicyclic amines) is 1. The number of carbonyl (C=O) groups excluding carboxylic acids is 1. The summed E-state index contributed by atoms with van der Waals surface area (Å²) in [6.07, 6.45) is 4.29. The number of hydrogen-bond donors (Lipinski definition) is 2. The lowest BCUT2D eigenvalue weighted by Gasteiger charge is -2.41. The predicted octanol–water partition coefficient (Wildman–Crippen LogP) is 3.06. The molecule has 1 aliphatic carbocycles. The van der Waals surface area contributed by atoms with Crippen molar-refractivity contribution < 1.29 is 9.18 Å². The number of halogens is 1. The lowest BCUT2D eigenvalue weighted by molar-refractivity contribution is -0.133. The molecule has 2 fully saturated rings. The summed E-state index contributed by atoms with van der Waals surface area (Å²) in [6, 6.07) is 7.11. The van der Waals surface area contributed by atoms with E-state index in [1.54, 1.807) is 12.1 Å². The van der Waals surface area contributed by atoms with Crippen molar-refractivity contribution in [3.63, 3.8) is 0 Å². The first-order chi connectivity index (χ1) is 13.4. The molecule has 1 saturated heterocycles. The van der Waals surface area contributed by atoms with E-state index in [1.165, 1.54) is 12.0 Å². The largest absolute Gasteiger partial charge is 0.357 e. The molecule has 1 aromatic carbocycles. The van der Waals surface area contributed by atoms with Gasteiger partial charge in [0.1, 0.15) is 5.82 Å². The van der Waals surface area contributed by atoms with Crippen LogP contribution in [0.3, 0.4) is 0 Å². The molecule has 1 saturated carbocycles. The second-order valence-electron chi connectivity index (χ2n) is 8.40. The van der Waals surface area contributed by atoms with Gasteiger partial charge in [-0.25, -0.2) is 4.39 Å². The molecule has 2 aliphatic rings. The lowest BCUT2D eigenvalue weighted by atomic mass is 9.64. The van der Waals surface area contributed by atoms with Gasteiger partial charge >= 0.3 is 0 Å². The van der Waals surface area contributed by atoms with E-state index in [2.05, 4.69) is 17.6 Å². The normalized spacial score (nSPS) is 21.5. The Labute approximate surface area is 167 Å². The zero-order valence-electron chi connectivity index (χ0n) is 17.3. The minimum absolute atomic E-state index is 0.0192. The third-order valence-electron chi connectivity index (χ3n) is 5.99. The fraction of sp³-hybridized carbons (Fsp3) is 0.636. The average molecular weight is 389 g/mol. The van der Waals surface area contributed by atoms with E-state index in [1.807, 2.05) is 30.9 Å². The average Bonchev–Trinajstić information content (AvgIpc) is 3.10. The van der Waals surface area contributed by atoms with Crippen LogP contribution in [0.25, 0.3) is 0 Å². The molecule has 3 rings (SSSR count). The molecule has 154 valence electrons. The van der Waals surface area contributed by atoms with Gasteiger partial charge in [-0.2, -0.15) is 0 Å². The monoisotopic (exact) mass is 388 g/mol. The number of amides is 1. The molecule has 1 atom stereocenters. The molecule has 2 N–H and O–H groups in total. The quantitative estimate of drug-likeness (QED) is 0.582. The molecule has 0 aromatic heterocycles. The lowest BCUT2D eigenvalue weighted by Crippen LogP contribution is -2.46. The number of guanidine groups is 1. The summed E-state index contributed by atoms with van der Waals surface area (Å²) in [7, 11) is 0. The summed E-state index contributed by atoms with van der Waals surface area (Å²) in [5.74, 6) is 0.865. The maximum atomic E-state index is 13.3. The van der Waals surface area contributed by atoms with E-state index in [0.717, 1.165) is 44.9 Å². The summed E-state index contributed by atoms with van der Waals surface area (Å²) in [6.45, 7) is 8.95. The number of hydrogen-bond acceptors (Lipinski definition) is 2. The van der Waals surface area contributed by atoms with Crippen LogP contribution in [-0.2, 0) is 10.2 Å². The Balaban J connectivity index is 1.64. The van der Waals surface area contributed by atoms with Gasteiger partial charge in [0.25, 0.3) is 0 Å². The summed E-state index contributed by atoms with van der Waals surface area (Å²) < 4.78 is 13.3. The zero-order chi connectivity index (χ0) is 20.1. The van der Waals surface area contributed by atoms with E-state index >= 15 is 0 Å². The van der Waals surface area contributed by atoms with Crippen molar-refractivity contribution in [3.8, 4) is 0 Å². The van der Waals surface area contributed by atoms with Crippen LogP contribution < -0.4 is 10.6 Å². The Bertz CT molecular complexity index is 697. The zero-order valence-corrected chi connectivity index (χ0v) is 17.3. The van der Waals surface area contributed by atoms with Gasteiger partial charge in [-0.3, -0.25) is 9.79 Å². The molecule has 6 heteroatoms. The standard InChI is InChI=1S/C22H33FN4O/c1-4-24-21(26-19-10-13-27(14-19)20(28)16(2)3)25-15-22(11-5-12-22)17-6-8-18(23)9-7-17/h6-9,16,19H,4-5,10-15H2,1-3H3,(H2,24,25,26). The highest BCUT2D eigenvalue weighted by molar-refractivity contribution is 5.81. The summed E-state index contributed by atoms with van der Waals surface area (Å²) in [4.78, 5) is 19.0. The van der Waals surface area contributed by atoms with Gasteiger partial charge < -0.3 is 15.5 Å². The van der Waals surface area contributed by atoms with Crippen molar-refractivity contribution >= 4 is 11.9 Å². The molecule has 28 heavy (non-hydrogen) atoms. The number of nitrogens with one attached hydrogen (secondary N) is 2. The highest BCUT2D eigenvalue weighted by atomic mass is 19.1. The van der Waals surface area contributed by atoms with Gasteiger partial charge in [0.05, 0.1) is 6.54 Å². The van der Waals surface area contributed by atoms with E-state index in [4.69, 9.17) is 4.99 Å². The highest BCUT2D eigenvalue weighted by Gasteiger charge is 2.38. The molecule has 1 heterocycles.